The molecule has 1 amide bonds. The molecule has 0 saturated heterocycles. The minimum Gasteiger partial charge on any atom is -0.326 e. The van der Waals surface area contributed by atoms with Gasteiger partial charge >= 0.3 is 0 Å². The first-order valence-electron chi connectivity index (χ1n) is 7.88. The van der Waals surface area contributed by atoms with Crippen molar-refractivity contribution >= 4 is 33.2 Å². The van der Waals surface area contributed by atoms with E-state index >= 15 is 0 Å². The molecule has 0 aliphatic rings. The second-order valence-corrected chi connectivity index (χ2v) is 8.23. The number of benzene rings is 2. The molecule has 0 fully saturated rings. The Morgan fingerprint density at radius 2 is 1.84 bits per heavy atom. The molecule has 25 heavy (non-hydrogen) atoms. The van der Waals surface area contributed by atoms with E-state index in [2.05, 4.69) is 5.32 Å². The van der Waals surface area contributed by atoms with Crippen LogP contribution in [0.1, 0.15) is 18.4 Å². The lowest BCUT2D eigenvalue weighted by Crippen LogP contribution is -2.28. The number of nitrogens with one attached hydrogen (secondary N) is 1. The molecule has 0 unspecified atom stereocenters. The van der Waals surface area contributed by atoms with E-state index in [-0.39, 0.29) is 23.8 Å². The summed E-state index contributed by atoms with van der Waals surface area (Å²) >= 11 is 5.89. The number of sulfonamides is 1. The summed E-state index contributed by atoms with van der Waals surface area (Å²) in [5, 5.41) is 3.43. The number of hydrogen-bond acceptors (Lipinski definition) is 3. The van der Waals surface area contributed by atoms with Crippen LogP contribution in [0.4, 0.5) is 5.69 Å². The Kier molecular flexibility index (Phi) is 6.58. The average Bonchev–Trinajstić information content (AvgIpc) is 2.58. The third kappa shape index (κ3) is 5.29. The maximum atomic E-state index is 12.4. The highest BCUT2D eigenvalue weighted by molar-refractivity contribution is 7.89. The Labute approximate surface area is 153 Å². The van der Waals surface area contributed by atoms with Crippen molar-refractivity contribution in [2.24, 2.45) is 0 Å². The number of carbonyl (C=O) groups excluding carboxylic acids is 1. The Balaban J connectivity index is 1.86. The SMILES string of the molecule is Cc1cc(Cl)ccc1NC(=O)CCCN(C)S(=O)(=O)c1ccccc1. The van der Waals surface area contributed by atoms with E-state index in [1.165, 1.54) is 11.4 Å². The molecular formula is C18H21ClN2O3S. The fourth-order valence-electron chi connectivity index (χ4n) is 2.33. The van der Waals surface area contributed by atoms with Gasteiger partial charge in [0.2, 0.25) is 15.9 Å². The molecule has 0 aromatic heterocycles. The largest absolute Gasteiger partial charge is 0.326 e. The summed E-state index contributed by atoms with van der Waals surface area (Å²) in [5.74, 6) is -0.157. The van der Waals surface area contributed by atoms with Crippen LogP contribution in [0.25, 0.3) is 0 Å². The van der Waals surface area contributed by atoms with Crippen LogP contribution in [0.3, 0.4) is 0 Å². The second kappa shape index (κ2) is 8.47. The van der Waals surface area contributed by atoms with Crippen molar-refractivity contribution in [2.75, 3.05) is 18.9 Å². The van der Waals surface area contributed by atoms with Crippen LogP contribution < -0.4 is 5.32 Å². The predicted octanol–water partition coefficient (Wildman–Crippen LogP) is 3.69. The van der Waals surface area contributed by atoms with Gasteiger partial charge in [-0.2, -0.15) is 0 Å². The number of carbonyl (C=O) groups is 1. The first-order chi connectivity index (χ1) is 11.8. The third-order valence-electron chi connectivity index (χ3n) is 3.79. The number of anilines is 1. The summed E-state index contributed by atoms with van der Waals surface area (Å²) in [6, 6.07) is 13.5. The second-order valence-electron chi connectivity index (χ2n) is 5.75. The lowest BCUT2D eigenvalue weighted by atomic mass is 10.2. The molecule has 134 valence electrons. The maximum Gasteiger partial charge on any atom is 0.242 e. The minimum absolute atomic E-state index is 0.157. The molecular weight excluding hydrogens is 360 g/mol. The minimum atomic E-state index is -3.52. The molecule has 2 rings (SSSR count). The van der Waals surface area contributed by atoms with Crippen LogP contribution in [0.5, 0.6) is 0 Å². The molecule has 0 aliphatic carbocycles. The lowest BCUT2D eigenvalue weighted by Gasteiger charge is -2.17. The standard InChI is InChI=1S/C18H21ClN2O3S/c1-14-13-15(19)10-11-17(14)20-18(22)9-6-12-21(2)25(23,24)16-7-4-3-5-8-16/h3-5,7-8,10-11,13H,6,9,12H2,1-2H3,(H,20,22). The Morgan fingerprint density at radius 3 is 2.48 bits per heavy atom. The van der Waals surface area contributed by atoms with Crippen LogP contribution >= 0.6 is 11.6 Å². The van der Waals surface area contributed by atoms with Gasteiger partial charge in [-0.05, 0) is 49.2 Å². The zero-order valence-electron chi connectivity index (χ0n) is 14.2. The fraction of sp³-hybridized carbons (Fsp3) is 0.278. The van der Waals surface area contributed by atoms with Crippen molar-refractivity contribution in [3.63, 3.8) is 0 Å². The topological polar surface area (TPSA) is 66.5 Å². The van der Waals surface area contributed by atoms with Gasteiger partial charge in [0.1, 0.15) is 0 Å². The van der Waals surface area contributed by atoms with Crippen LogP contribution in [-0.4, -0.2) is 32.2 Å². The summed E-state index contributed by atoms with van der Waals surface area (Å²) in [6.07, 6.45) is 0.664. The monoisotopic (exact) mass is 380 g/mol. The zero-order valence-corrected chi connectivity index (χ0v) is 15.8. The van der Waals surface area contributed by atoms with Gasteiger partial charge in [0.15, 0.2) is 0 Å². The van der Waals surface area contributed by atoms with Gasteiger partial charge in [0.25, 0.3) is 0 Å². The quantitative estimate of drug-likeness (QED) is 0.796. The van der Waals surface area contributed by atoms with Gasteiger partial charge in [-0.1, -0.05) is 29.8 Å². The van der Waals surface area contributed by atoms with Gasteiger partial charge in [0.05, 0.1) is 4.90 Å². The molecule has 0 atom stereocenters. The zero-order chi connectivity index (χ0) is 18.4. The molecule has 0 radical (unpaired) electrons. The highest BCUT2D eigenvalue weighted by atomic mass is 35.5. The average molecular weight is 381 g/mol. The summed E-state index contributed by atoms with van der Waals surface area (Å²) in [4.78, 5) is 12.3. The van der Waals surface area contributed by atoms with Crippen LogP contribution in [0.15, 0.2) is 53.4 Å². The summed E-state index contributed by atoms with van der Waals surface area (Å²) in [6.45, 7) is 2.13. The predicted molar refractivity (Wildman–Crippen MR) is 100 cm³/mol. The van der Waals surface area contributed by atoms with Crippen molar-refractivity contribution < 1.29 is 13.2 Å². The molecule has 0 heterocycles. The highest BCUT2D eigenvalue weighted by Crippen LogP contribution is 2.20. The van der Waals surface area contributed by atoms with Gasteiger partial charge in [-0.3, -0.25) is 4.79 Å². The molecule has 1 N–H and O–H groups in total. The first-order valence-corrected chi connectivity index (χ1v) is 9.70. The van der Waals surface area contributed by atoms with Crippen LogP contribution in [0.2, 0.25) is 5.02 Å². The summed E-state index contributed by atoms with van der Waals surface area (Å²) < 4.78 is 26.0. The van der Waals surface area contributed by atoms with Crippen molar-refractivity contribution in [3.05, 3.63) is 59.1 Å². The molecule has 7 heteroatoms. The van der Waals surface area contributed by atoms with E-state index in [4.69, 9.17) is 11.6 Å². The Hall–Kier alpha value is -1.89. The molecule has 5 nitrogen and oxygen atoms in total. The Bertz CT molecular complexity index is 839. The van der Waals surface area contributed by atoms with E-state index in [1.807, 2.05) is 6.92 Å². The Morgan fingerprint density at radius 1 is 1.16 bits per heavy atom. The van der Waals surface area contributed by atoms with Gasteiger partial charge in [-0.25, -0.2) is 12.7 Å². The number of halogens is 1. The molecule has 0 spiro atoms. The van der Waals surface area contributed by atoms with Crippen molar-refractivity contribution in [2.45, 2.75) is 24.7 Å². The van der Waals surface area contributed by atoms with E-state index < -0.39 is 10.0 Å². The first kappa shape index (κ1) is 19.4. The number of rotatable bonds is 7. The van der Waals surface area contributed by atoms with E-state index in [1.54, 1.807) is 48.5 Å². The molecule has 2 aromatic rings. The highest BCUT2D eigenvalue weighted by Gasteiger charge is 2.20. The van der Waals surface area contributed by atoms with E-state index in [9.17, 15) is 13.2 Å². The van der Waals surface area contributed by atoms with Crippen LogP contribution in [-0.2, 0) is 14.8 Å². The van der Waals surface area contributed by atoms with E-state index in [0.29, 0.717) is 17.1 Å². The third-order valence-corrected chi connectivity index (χ3v) is 5.90. The fourth-order valence-corrected chi connectivity index (χ4v) is 3.79. The number of hydrogen-bond donors (Lipinski definition) is 1. The van der Waals surface area contributed by atoms with Gasteiger partial charge in [-0.15, -0.1) is 0 Å². The van der Waals surface area contributed by atoms with Crippen molar-refractivity contribution in [1.29, 1.82) is 0 Å². The number of aryl methyl sites for hydroxylation is 1. The van der Waals surface area contributed by atoms with Gasteiger partial charge in [0, 0.05) is 30.7 Å². The molecule has 0 aliphatic heterocycles. The molecule has 2 aromatic carbocycles. The summed E-state index contributed by atoms with van der Waals surface area (Å²) in [5.41, 5.74) is 1.59. The normalized spacial score (nSPS) is 11.5. The molecule has 0 saturated carbocycles. The van der Waals surface area contributed by atoms with Crippen LogP contribution in [0, 0.1) is 6.92 Å². The van der Waals surface area contributed by atoms with Crippen molar-refractivity contribution in [3.8, 4) is 0 Å². The lowest BCUT2D eigenvalue weighted by molar-refractivity contribution is -0.116. The van der Waals surface area contributed by atoms with Gasteiger partial charge < -0.3 is 5.32 Å². The molecule has 0 bridgehead atoms. The number of nitrogens with zero attached hydrogens (tertiary/aromatic N) is 1. The summed E-state index contributed by atoms with van der Waals surface area (Å²) in [7, 11) is -2.00. The maximum absolute atomic E-state index is 12.4. The van der Waals surface area contributed by atoms with Crippen molar-refractivity contribution in [1.82, 2.24) is 4.31 Å². The number of amides is 1. The van der Waals surface area contributed by atoms with E-state index in [0.717, 1.165) is 5.56 Å². The smallest absolute Gasteiger partial charge is 0.242 e.